The summed E-state index contributed by atoms with van der Waals surface area (Å²) in [6.07, 6.45) is 1.13. The van der Waals surface area contributed by atoms with E-state index >= 15 is 0 Å². The summed E-state index contributed by atoms with van der Waals surface area (Å²) < 4.78 is 18.9. The highest BCUT2D eigenvalue weighted by molar-refractivity contribution is 5.94. The van der Waals surface area contributed by atoms with E-state index in [9.17, 15) is 14.3 Å². The molecule has 0 saturated heterocycles. The molecule has 0 radical (unpaired) electrons. The first-order valence-corrected chi connectivity index (χ1v) is 6.07. The number of carbonyl (C=O) groups excluding carboxylic acids is 1. The molecule has 3 nitrogen and oxygen atoms in total. The quantitative estimate of drug-likeness (QED) is 0.794. The van der Waals surface area contributed by atoms with Gasteiger partial charge in [-0.15, -0.1) is 0 Å². The van der Waals surface area contributed by atoms with E-state index in [1.807, 2.05) is 13.8 Å². The summed E-state index contributed by atoms with van der Waals surface area (Å²) in [7, 11) is 0. The summed E-state index contributed by atoms with van der Waals surface area (Å²) in [5.74, 6) is -0.605. The Morgan fingerprint density at radius 3 is 2.44 bits per heavy atom. The van der Waals surface area contributed by atoms with Crippen LogP contribution in [0.5, 0.6) is 5.75 Å². The molecule has 0 saturated carbocycles. The van der Waals surface area contributed by atoms with Crippen molar-refractivity contribution in [3.8, 4) is 5.75 Å². The van der Waals surface area contributed by atoms with Crippen molar-refractivity contribution in [2.75, 3.05) is 6.61 Å². The summed E-state index contributed by atoms with van der Waals surface area (Å²) in [5, 5.41) is 10.0. The summed E-state index contributed by atoms with van der Waals surface area (Å²) in [6.45, 7) is 5.16. The van der Waals surface area contributed by atoms with Gasteiger partial charge in [-0.25, -0.2) is 4.39 Å². The lowest BCUT2D eigenvalue weighted by atomic mass is 9.99. The third kappa shape index (κ3) is 3.53. The minimum Gasteiger partial charge on any atom is -0.490 e. The third-order valence-corrected chi connectivity index (χ3v) is 3.14. The van der Waals surface area contributed by atoms with Gasteiger partial charge in [0, 0.05) is 6.07 Å². The van der Waals surface area contributed by atoms with E-state index in [0.29, 0.717) is 18.6 Å². The Kier molecular flexibility index (Phi) is 4.84. The fraction of sp³-hybridized carbons (Fsp3) is 0.500. The van der Waals surface area contributed by atoms with Crippen LogP contribution in [0.4, 0.5) is 4.39 Å². The van der Waals surface area contributed by atoms with Gasteiger partial charge in [0.2, 0.25) is 0 Å². The molecule has 0 aliphatic heterocycles. The average molecular weight is 254 g/mol. The molecule has 18 heavy (non-hydrogen) atoms. The standard InChI is InChI=1S/C14H19FO3/c1-4-14(17,5-2)9-18-11-6-7-12(10(3)16)13(15)8-11/h6-8,17H,4-5,9H2,1-3H3. The van der Waals surface area contributed by atoms with E-state index in [0.717, 1.165) is 0 Å². The highest BCUT2D eigenvalue weighted by Crippen LogP contribution is 2.20. The number of ketones is 1. The average Bonchev–Trinajstić information content (AvgIpc) is 2.35. The van der Waals surface area contributed by atoms with Crippen LogP contribution in [0.25, 0.3) is 0 Å². The van der Waals surface area contributed by atoms with Gasteiger partial charge in [0.1, 0.15) is 18.2 Å². The molecule has 0 aliphatic rings. The smallest absolute Gasteiger partial charge is 0.162 e. The maximum Gasteiger partial charge on any atom is 0.162 e. The zero-order chi connectivity index (χ0) is 13.8. The molecule has 1 aromatic carbocycles. The zero-order valence-electron chi connectivity index (χ0n) is 11.0. The first-order valence-electron chi connectivity index (χ1n) is 6.07. The van der Waals surface area contributed by atoms with Gasteiger partial charge in [0.25, 0.3) is 0 Å². The van der Waals surface area contributed by atoms with E-state index in [2.05, 4.69) is 0 Å². The van der Waals surface area contributed by atoms with Crippen molar-refractivity contribution in [1.29, 1.82) is 0 Å². The topological polar surface area (TPSA) is 46.5 Å². The number of ether oxygens (including phenoxy) is 1. The Labute approximate surface area is 107 Å². The van der Waals surface area contributed by atoms with E-state index in [-0.39, 0.29) is 18.0 Å². The van der Waals surface area contributed by atoms with Crippen LogP contribution in [0.2, 0.25) is 0 Å². The molecule has 4 heteroatoms. The van der Waals surface area contributed by atoms with Crippen molar-refractivity contribution in [3.05, 3.63) is 29.6 Å². The summed E-state index contributed by atoms with van der Waals surface area (Å²) in [5.41, 5.74) is -0.848. The molecule has 0 heterocycles. The number of Topliss-reactive ketones (excluding diaryl/α,β-unsaturated/α-hetero) is 1. The van der Waals surface area contributed by atoms with Gasteiger partial charge >= 0.3 is 0 Å². The predicted molar refractivity (Wildman–Crippen MR) is 67.4 cm³/mol. The first kappa shape index (κ1) is 14.6. The van der Waals surface area contributed by atoms with Crippen molar-refractivity contribution in [3.63, 3.8) is 0 Å². The largest absolute Gasteiger partial charge is 0.490 e. The van der Waals surface area contributed by atoms with Crippen molar-refractivity contribution in [2.45, 2.75) is 39.2 Å². The maximum atomic E-state index is 13.5. The van der Waals surface area contributed by atoms with Crippen LogP contribution in [0.15, 0.2) is 18.2 Å². The minimum atomic E-state index is -0.893. The van der Waals surface area contributed by atoms with Crippen LogP contribution in [0.3, 0.4) is 0 Å². The molecule has 0 bridgehead atoms. The molecule has 0 aromatic heterocycles. The number of benzene rings is 1. The molecule has 1 N–H and O–H groups in total. The van der Waals surface area contributed by atoms with Gasteiger partial charge in [-0.1, -0.05) is 13.8 Å². The van der Waals surface area contributed by atoms with Crippen molar-refractivity contribution in [2.24, 2.45) is 0 Å². The zero-order valence-corrected chi connectivity index (χ0v) is 11.0. The number of halogens is 1. The Hall–Kier alpha value is -1.42. The number of rotatable bonds is 6. The summed E-state index contributed by atoms with van der Waals surface area (Å²) in [6, 6.07) is 4.10. The number of aliphatic hydroxyl groups is 1. The molecule has 0 fully saturated rings. The van der Waals surface area contributed by atoms with Crippen LogP contribution < -0.4 is 4.74 Å². The van der Waals surface area contributed by atoms with Gasteiger partial charge in [0.05, 0.1) is 11.2 Å². The number of hydrogen-bond donors (Lipinski definition) is 1. The SMILES string of the molecule is CCC(O)(CC)COc1ccc(C(C)=O)c(F)c1. The van der Waals surface area contributed by atoms with Gasteiger partial charge in [0.15, 0.2) is 5.78 Å². The fourth-order valence-electron chi connectivity index (χ4n) is 1.54. The number of carbonyl (C=O) groups is 1. The number of hydrogen-bond acceptors (Lipinski definition) is 3. The Bertz CT molecular complexity index is 425. The second-order valence-corrected chi connectivity index (χ2v) is 4.42. The molecule has 1 aromatic rings. The van der Waals surface area contributed by atoms with Gasteiger partial charge in [-0.3, -0.25) is 4.79 Å². The van der Waals surface area contributed by atoms with E-state index in [4.69, 9.17) is 4.74 Å². The molecule has 0 amide bonds. The van der Waals surface area contributed by atoms with Gasteiger partial charge in [-0.2, -0.15) is 0 Å². The first-order chi connectivity index (χ1) is 8.41. The van der Waals surface area contributed by atoms with E-state index in [1.165, 1.54) is 25.1 Å². The normalized spacial score (nSPS) is 11.4. The molecular weight excluding hydrogens is 235 g/mol. The highest BCUT2D eigenvalue weighted by atomic mass is 19.1. The maximum absolute atomic E-state index is 13.5. The predicted octanol–water partition coefficient (Wildman–Crippen LogP) is 2.96. The molecule has 0 spiro atoms. The van der Waals surface area contributed by atoms with E-state index < -0.39 is 11.4 Å². The highest BCUT2D eigenvalue weighted by Gasteiger charge is 2.23. The third-order valence-electron chi connectivity index (χ3n) is 3.14. The fourth-order valence-corrected chi connectivity index (χ4v) is 1.54. The van der Waals surface area contributed by atoms with Crippen LogP contribution in [-0.4, -0.2) is 23.1 Å². The lowest BCUT2D eigenvalue weighted by Crippen LogP contribution is -2.34. The molecule has 1 rings (SSSR count). The second kappa shape index (κ2) is 5.96. The summed E-state index contributed by atoms with van der Waals surface area (Å²) >= 11 is 0. The second-order valence-electron chi connectivity index (χ2n) is 4.42. The molecule has 100 valence electrons. The van der Waals surface area contributed by atoms with Crippen LogP contribution in [-0.2, 0) is 0 Å². The van der Waals surface area contributed by atoms with Gasteiger partial charge < -0.3 is 9.84 Å². The lowest BCUT2D eigenvalue weighted by Gasteiger charge is -2.25. The van der Waals surface area contributed by atoms with Gasteiger partial charge in [-0.05, 0) is 31.9 Å². The summed E-state index contributed by atoms with van der Waals surface area (Å²) in [4.78, 5) is 11.1. The lowest BCUT2D eigenvalue weighted by molar-refractivity contribution is -0.0114. The van der Waals surface area contributed by atoms with Crippen LogP contribution in [0.1, 0.15) is 44.0 Å². The Morgan fingerprint density at radius 1 is 1.39 bits per heavy atom. The molecule has 0 aliphatic carbocycles. The van der Waals surface area contributed by atoms with Crippen LogP contribution >= 0.6 is 0 Å². The van der Waals surface area contributed by atoms with E-state index in [1.54, 1.807) is 0 Å². The van der Waals surface area contributed by atoms with Crippen molar-refractivity contribution in [1.82, 2.24) is 0 Å². The molecular formula is C14H19FO3. The minimum absolute atomic E-state index is 0.0450. The van der Waals surface area contributed by atoms with Crippen molar-refractivity contribution >= 4 is 5.78 Å². The Morgan fingerprint density at radius 2 is 2.00 bits per heavy atom. The Balaban J connectivity index is 2.75. The van der Waals surface area contributed by atoms with Crippen molar-refractivity contribution < 1.29 is 19.0 Å². The molecule has 0 atom stereocenters. The molecule has 0 unspecified atom stereocenters. The van der Waals surface area contributed by atoms with Crippen LogP contribution in [0, 0.1) is 5.82 Å². The monoisotopic (exact) mass is 254 g/mol.